The normalized spacial score (nSPS) is 10.1. The maximum atomic E-state index is 12.2. The minimum absolute atomic E-state index is 0.0432. The van der Waals surface area contributed by atoms with Gasteiger partial charge in [-0.1, -0.05) is 36.4 Å². The summed E-state index contributed by atoms with van der Waals surface area (Å²) in [6.45, 7) is 4.83. The Morgan fingerprint density at radius 2 is 1.81 bits per heavy atom. The van der Waals surface area contributed by atoms with Crippen LogP contribution >= 0.6 is 11.6 Å². The average molecular weight is 387 g/mol. The number of nitrogens with one attached hydrogen (secondary N) is 1. The van der Waals surface area contributed by atoms with Gasteiger partial charge in [-0.05, 0) is 42.0 Å². The first-order valence-corrected chi connectivity index (χ1v) is 8.97. The first kappa shape index (κ1) is 20.5. The summed E-state index contributed by atoms with van der Waals surface area (Å²) in [4.78, 5) is 25.9. The topological polar surface area (TPSA) is 58.6 Å². The molecular weight excluding hydrogens is 364 g/mol. The van der Waals surface area contributed by atoms with Gasteiger partial charge in [-0.2, -0.15) is 0 Å². The van der Waals surface area contributed by atoms with Gasteiger partial charge >= 0.3 is 0 Å². The summed E-state index contributed by atoms with van der Waals surface area (Å²) >= 11 is 5.80. The molecule has 2 amide bonds. The van der Waals surface area contributed by atoms with Crippen LogP contribution in [-0.4, -0.2) is 36.9 Å². The molecule has 6 heteroatoms. The van der Waals surface area contributed by atoms with E-state index < -0.39 is 0 Å². The second-order valence-corrected chi connectivity index (χ2v) is 6.44. The van der Waals surface area contributed by atoms with Crippen molar-refractivity contribution >= 4 is 23.4 Å². The van der Waals surface area contributed by atoms with E-state index in [0.29, 0.717) is 23.7 Å². The molecule has 5 nitrogen and oxygen atoms in total. The van der Waals surface area contributed by atoms with Crippen molar-refractivity contribution in [3.8, 4) is 5.75 Å². The van der Waals surface area contributed by atoms with Crippen LogP contribution in [0.15, 0.2) is 61.2 Å². The minimum Gasteiger partial charge on any atom is -0.490 e. The molecule has 0 fully saturated rings. The molecule has 0 aliphatic heterocycles. The van der Waals surface area contributed by atoms with Crippen LogP contribution in [0.25, 0.3) is 0 Å². The van der Waals surface area contributed by atoms with E-state index in [2.05, 4.69) is 11.9 Å². The fraction of sp³-hybridized carbons (Fsp3) is 0.238. The fourth-order valence-corrected chi connectivity index (χ4v) is 2.51. The van der Waals surface area contributed by atoms with E-state index >= 15 is 0 Å². The van der Waals surface area contributed by atoms with E-state index in [-0.39, 0.29) is 24.8 Å². The van der Waals surface area contributed by atoms with Crippen molar-refractivity contribution in [2.24, 2.45) is 0 Å². The van der Waals surface area contributed by atoms with E-state index in [1.165, 1.54) is 0 Å². The summed E-state index contributed by atoms with van der Waals surface area (Å²) < 4.78 is 5.43. The fourth-order valence-electron chi connectivity index (χ4n) is 2.39. The summed E-state index contributed by atoms with van der Waals surface area (Å²) in [6.07, 6.45) is 1.92. The highest BCUT2D eigenvalue weighted by molar-refractivity contribution is 6.30. The molecule has 0 bridgehead atoms. The molecule has 2 aromatic carbocycles. The van der Waals surface area contributed by atoms with Crippen LogP contribution in [-0.2, 0) is 11.3 Å². The van der Waals surface area contributed by atoms with Gasteiger partial charge in [0.2, 0.25) is 5.91 Å². The van der Waals surface area contributed by atoms with Gasteiger partial charge in [0.05, 0.1) is 0 Å². The molecule has 0 aliphatic carbocycles. The highest BCUT2D eigenvalue weighted by Gasteiger charge is 2.11. The molecule has 0 spiro atoms. The van der Waals surface area contributed by atoms with E-state index in [0.717, 1.165) is 11.3 Å². The Morgan fingerprint density at radius 3 is 2.44 bits per heavy atom. The third-order valence-electron chi connectivity index (χ3n) is 3.87. The zero-order valence-electron chi connectivity index (χ0n) is 15.3. The van der Waals surface area contributed by atoms with Crippen LogP contribution in [0, 0.1) is 0 Å². The summed E-state index contributed by atoms with van der Waals surface area (Å²) in [6, 6.07) is 14.2. The van der Waals surface area contributed by atoms with Crippen molar-refractivity contribution in [2.45, 2.75) is 13.0 Å². The molecular formula is C21H23ClN2O3. The predicted molar refractivity (Wildman–Crippen MR) is 107 cm³/mol. The van der Waals surface area contributed by atoms with Crippen molar-refractivity contribution < 1.29 is 14.3 Å². The Balaban J connectivity index is 1.75. The molecule has 0 heterocycles. The Labute approximate surface area is 164 Å². The molecule has 2 rings (SSSR count). The molecule has 27 heavy (non-hydrogen) atoms. The summed E-state index contributed by atoms with van der Waals surface area (Å²) in [5, 5.41) is 3.31. The second-order valence-electron chi connectivity index (χ2n) is 6.01. The van der Waals surface area contributed by atoms with Crippen LogP contribution in [0.4, 0.5) is 0 Å². The molecule has 2 aromatic rings. The lowest BCUT2D eigenvalue weighted by Crippen LogP contribution is -2.31. The number of hydrogen-bond acceptors (Lipinski definition) is 3. The monoisotopic (exact) mass is 386 g/mol. The van der Waals surface area contributed by atoms with Gasteiger partial charge in [-0.3, -0.25) is 9.59 Å². The van der Waals surface area contributed by atoms with Crippen LogP contribution in [0.2, 0.25) is 5.02 Å². The molecule has 0 atom stereocenters. The van der Waals surface area contributed by atoms with E-state index in [1.807, 2.05) is 24.3 Å². The molecule has 0 unspecified atom stereocenters. The molecule has 142 valence electrons. The zero-order valence-corrected chi connectivity index (χ0v) is 16.0. The van der Waals surface area contributed by atoms with Gasteiger partial charge in [0, 0.05) is 37.1 Å². The van der Waals surface area contributed by atoms with Gasteiger partial charge in [0.1, 0.15) is 12.4 Å². The number of nitrogens with zero attached hydrogens (tertiary/aromatic N) is 1. The average Bonchev–Trinajstić information content (AvgIpc) is 2.67. The Morgan fingerprint density at radius 1 is 1.15 bits per heavy atom. The van der Waals surface area contributed by atoms with E-state index in [4.69, 9.17) is 16.3 Å². The van der Waals surface area contributed by atoms with Crippen LogP contribution in [0.5, 0.6) is 5.75 Å². The lowest BCUT2D eigenvalue weighted by Gasteiger charge is -2.17. The maximum Gasteiger partial charge on any atom is 0.251 e. The number of amides is 2. The maximum absolute atomic E-state index is 12.2. The number of rotatable bonds is 9. The first-order chi connectivity index (χ1) is 13.0. The minimum atomic E-state index is -0.225. The van der Waals surface area contributed by atoms with Crippen LogP contribution < -0.4 is 10.1 Å². The van der Waals surface area contributed by atoms with Crippen LogP contribution in [0.1, 0.15) is 22.3 Å². The van der Waals surface area contributed by atoms with Crippen molar-refractivity contribution in [3.63, 3.8) is 0 Å². The van der Waals surface area contributed by atoms with Gasteiger partial charge in [0.15, 0.2) is 0 Å². The second kappa shape index (κ2) is 10.4. The molecule has 0 aromatic heterocycles. The quantitative estimate of drug-likeness (QED) is 0.669. The smallest absolute Gasteiger partial charge is 0.251 e. The molecule has 0 aliphatic rings. The summed E-state index contributed by atoms with van der Waals surface area (Å²) in [7, 11) is 1.74. The van der Waals surface area contributed by atoms with Crippen LogP contribution in [0.3, 0.4) is 0 Å². The molecule has 0 saturated heterocycles. The van der Waals surface area contributed by atoms with E-state index in [9.17, 15) is 9.59 Å². The van der Waals surface area contributed by atoms with Crippen molar-refractivity contribution in [1.82, 2.24) is 10.2 Å². The number of ether oxygens (including phenoxy) is 1. The third-order valence-corrected chi connectivity index (χ3v) is 4.12. The zero-order chi connectivity index (χ0) is 19.6. The summed E-state index contributed by atoms with van der Waals surface area (Å²) in [5.41, 5.74) is 1.51. The van der Waals surface area contributed by atoms with Gasteiger partial charge in [-0.25, -0.2) is 0 Å². The lowest BCUT2D eigenvalue weighted by molar-refractivity contribution is -0.130. The van der Waals surface area contributed by atoms with Gasteiger partial charge in [0.25, 0.3) is 5.91 Å². The van der Waals surface area contributed by atoms with Crippen molar-refractivity contribution in [1.29, 1.82) is 0 Å². The highest BCUT2D eigenvalue weighted by Crippen LogP contribution is 2.14. The molecule has 0 radical (unpaired) electrons. The van der Waals surface area contributed by atoms with Crippen molar-refractivity contribution in [3.05, 3.63) is 77.3 Å². The first-order valence-electron chi connectivity index (χ1n) is 8.60. The highest BCUT2D eigenvalue weighted by atomic mass is 35.5. The summed E-state index contributed by atoms with van der Waals surface area (Å²) in [5.74, 6) is 0.494. The largest absolute Gasteiger partial charge is 0.490 e. The Bertz CT molecular complexity index is 773. The molecule has 1 N–H and O–H groups in total. The number of halogens is 1. The molecule has 0 saturated carbocycles. The SMILES string of the molecule is C=CCOc1ccc(CN(C)C(=O)CCNC(=O)c2ccc(Cl)cc2)cc1. The standard InChI is InChI=1S/C21H23ClN2O3/c1-3-14-27-19-10-4-16(5-11-19)15-24(2)20(25)12-13-23-21(26)17-6-8-18(22)9-7-17/h3-11H,1,12-15H2,2H3,(H,23,26). The number of carbonyl (C=O) groups excluding carboxylic acids is 2. The van der Waals surface area contributed by atoms with Crippen molar-refractivity contribution in [2.75, 3.05) is 20.2 Å². The van der Waals surface area contributed by atoms with Gasteiger partial charge < -0.3 is 15.0 Å². The third kappa shape index (κ3) is 6.79. The number of benzene rings is 2. The van der Waals surface area contributed by atoms with E-state index in [1.54, 1.807) is 42.3 Å². The predicted octanol–water partition coefficient (Wildman–Crippen LogP) is 3.68. The van der Waals surface area contributed by atoms with Gasteiger partial charge in [-0.15, -0.1) is 0 Å². The number of carbonyl (C=O) groups is 2. The number of hydrogen-bond donors (Lipinski definition) is 1. The Hall–Kier alpha value is -2.79. The lowest BCUT2D eigenvalue weighted by atomic mass is 10.2. The Kier molecular flexibility index (Phi) is 7.89.